The summed E-state index contributed by atoms with van der Waals surface area (Å²) in [7, 11) is 0. The molecule has 3 unspecified atom stereocenters. The molecule has 31 heavy (non-hydrogen) atoms. The summed E-state index contributed by atoms with van der Waals surface area (Å²) >= 11 is 0. The van der Waals surface area contributed by atoms with Gasteiger partial charge in [0.15, 0.2) is 0 Å². The number of carbonyl (C=O) groups is 2. The number of ether oxygens (including phenoxy) is 1. The Bertz CT molecular complexity index is 739. The summed E-state index contributed by atoms with van der Waals surface area (Å²) < 4.78 is 5.61. The minimum atomic E-state index is -0.165. The quantitative estimate of drug-likeness (QED) is 0.621. The molecule has 0 aromatic heterocycles. The molecule has 1 aliphatic heterocycles. The lowest BCUT2D eigenvalue weighted by atomic mass is 9.85. The van der Waals surface area contributed by atoms with Crippen LogP contribution in [-0.4, -0.2) is 54.7 Å². The van der Waals surface area contributed by atoms with Gasteiger partial charge >= 0.3 is 6.03 Å². The summed E-state index contributed by atoms with van der Waals surface area (Å²) in [5.74, 6) is 0.0921. The van der Waals surface area contributed by atoms with E-state index in [1.165, 1.54) is 5.56 Å². The van der Waals surface area contributed by atoms with Gasteiger partial charge in [0, 0.05) is 44.2 Å². The smallest absolute Gasteiger partial charge is 0.315 e. The van der Waals surface area contributed by atoms with Crippen LogP contribution in [0, 0.1) is 5.92 Å². The zero-order valence-corrected chi connectivity index (χ0v) is 19.2. The Morgan fingerprint density at radius 2 is 2.03 bits per heavy atom. The van der Waals surface area contributed by atoms with Crippen molar-refractivity contribution in [3.8, 4) is 0 Å². The first kappa shape index (κ1) is 23.5. The van der Waals surface area contributed by atoms with E-state index in [1.807, 2.05) is 26.0 Å². The average Bonchev–Trinajstić information content (AvgIpc) is 2.72. The van der Waals surface area contributed by atoms with E-state index >= 15 is 0 Å². The first-order valence-electron chi connectivity index (χ1n) is 11.7. The Morgan fingerprint density at radius 3 is 2.81 bits per heavy atom. The van der Waals surface area contributed by atoms with E-state index in [1.54, 1.807) is 0 Å². The van der Waals surface area contributed by atoms with Crippen LogP contribution in [-0.2, 0) is 22.6 Å². The summed E-state index contributed by atoms with van der Waals surface area (Å²) in [5, 5.41) is 9.03. The molecule has 7 heteroatoms. The van der Waals surface area contributed by atoms with Crippen molar-refractivity contribution in [1.29, 1.82) is 0 Å². The van der Waals surface area contributed by atoms with Crippen LogP contribution in [0.2, 0.25) is 0 Å². The highest BCUT2D eigenvalue weighted by Crippen LogP contribution is 2.24. The highest BCUT2D eigenvalue weighted by molar-refractivity contribution is 5.79. The van der Waals surface area contributed by atoms with Crippen LogP contribution in [0.4, 0.5) is 4.79 Å². The Hall–Kier alpha value is -2.12. The molecule has 0 spiro atoms. The average molecular weight is 431 g/mol. The van der Waals surface area contributed by atoms with Crippen molar-refractivity contribution in [2.24, 2.45) is 5.92 Å². The molecule has 2 fully saturated rings. The summed E-state index contributed by atoms with van der Waals surface area (Å²) in [6.07, 6.45) is 3.76. The third kappa shape index (κ3) is 7.82. The topological polar surface area (TPSA) is 82.7 Å². The molecule has 172 valence electrons. The van der Waals surface area contributed by atoms with Crippen LogP contribution >= 0.6 is 0 Å². The zero-order chi connectivity index (χ0) is 22.2. The Kier molecular flexibility index (Phi) is 8.72. The SMILES string of the molecule is CC(C)NC(=O)C1CCCC(NC(=O)NCc2cccc(CN3CCOC(C)C3)c2)C1. The fraction of sp³-hybridized carbons (Fsp3) is 0.667. The Labute approximate surface area is 186 Å². The van der Waals surface area contributed by atoms with Gasteiger partial charge in [-0.05, 0) is 51.2 Å². The zero-order valence-electron chi connectivity index (χ0n) is 19.2. The van der Waals surface area contributed by atoms with Crippen molar-refractivity contribution in [3.63, 3.8) is 0 Å². The van der Waals surface area contributed by atoms with Crippen LogP contribution in [0.15, 0.2) is 24.3 Å². The minimum Gasteiger partial charge on any atom is -0.376 e. The number of nitrogens with one attached hydrogen (secondary N) is 3. The standard InChI is InChI=1S/C24H38N4O3/c1-17(2)26-23(29)21-8-5-9-22(13-21)27-24(30)25-14-19-6-4-7-20(12-19)16-28-10-11-31-18(3)15-28/h4,6-7,12,17-18,21-22H,5,8-11,13-16H2,1-3H3,(H,26,29)(H2,25,27,30). The van der Waals surface area contributed by atoms with Gasteiger partial charge in [-0.25, -0.2) is 4.79 Å². The number of amides is 3. The third-order valence-electron chi connectivity index (χ3n) is 5.99. The maximum atomic E-state index is 12.4. The number of rotatable bonds is 7. The molecule has 1 aromatic carbocycles. The summed E-state index contributed by atoms with van der Waals surface area (Å²) in [4.78, 5) is 27.1. The predicted molar refractivity (Wildman–Crippen MR) is 122 cm³/mol. The second kappa shape index (κ2) is 11.5. The van der Waals surface area contributed by atoms with Crippen molar-refractivity contribution in [2.75, 3.05) is 19.7 Å². The lowest BCUT2D eigenvalue weighted by molar-refractivity contribution is -0.126. The summed E-state index contributed by atoms with van der Waals surface area (Å²) in [6, 6.07) is 8.41. The molecule has 1 aromatic rings. The van der Waals surface area contributed by atoms with Crippen LogP contribution in [0.5, 0.6) is 0 Å². The van der Waals surface area contributed by atoms with Crippen molar-refractivity contribution < 1.29 is 14.3 Å². The molecule has 2 aliphatic rings. The highest BCUT2D eigenvalue weighted by atomic mass is 16.5. The molecule has 1 saturated carbocycles. The first-order valence-corrected chi connectivity index (χ1v) is 11.7. The fourth-order valence-corrected chi connectivity index (χ4v) is 4.51. The predicted octanol–water partition coefficient (Wildman–Crippen LogP) is 2.79. The number of benzene rings is 1. The van der Waals surface area contributed by atoms with E-state index in [0.29, 0.717) is 13.0 Å². The van der Waals surface area contributed by atoms with E-state index in [9.17, 15) is 9.59 Å². The van der Waals surface area contributed by atoms with E-state index in [0.717, 1.165) is 51.1 Å². The van der Waals surface area contributed by atoms with Crippen LogP contribution < -0.4 is 16.0 Å². The van der Waals surface area contributed by atoms with E-state index in [4.69, 9.17) is 4.74 Å². The van der Waals surface area contributed by atoms with E-state index < -0.39 is 0 Å². The maximum absolute atomic E-state index is 12.4. The van der Waals surface area contributed by atoms with Gasteiger partial charge in [-0.1, -0.05) is 30.7 Å². The monoisotopic (exact) mass is 430 g/mol. The molecule has 1 aliphatic carbocycles. The molecular formula is C24H38N4O3. The van der Waals surface area contributed by atoms with Crippen molar-refractivity contribution in [1.82, 2.24) is 20.9 Å². The molecule has 3 N–H and O–H groups in total. The molecule has 1 heterocycles. The molecule has 0 bridgehead atoms. The van der Waals surface area contributed by atoms with Crippen molar-refractivity contribution in [2.45, 2.75) is 77.7 Å². The number of carbonyl (C=O) groups excluding carboxylic acids is 2. The van der Waals surface area contributed by atoms with E-state index in [-0.39, 0.29) is 36.0 Å². The summed E-state index contributed by atoms with van der Waals surface area (Å²) in [5.41, 5.74) is 2.34. The molecule has 3 atom stereocenters. The number of nitrogens with zero attached hydrogens (tertiary/aromatic N) is 1. The molecule has 7 nitrogen and oxygen atoms in total. The largest absolute Gasteiger partial charge is 0.376 e. The number of hydrogen-bond acceptors (Lipinski definition) is 4. The van der Waals surface area contributed by atoms with Gasteiger partial charge in [-0.2, -0.15) is 0 Å². The van der Waals surface area contributed by atoms with Gasteiger partial charge in [-0.3, -0.25) is 9.69 Å². The van der Waals surface area contributed by atoms with Gasteiger partial charge in [0.05, 0.1) is 12.7 Å². The second-order valence-electron chi connectivity index (χ2n) is 9.29. The van der Waals surface area contributed by atoms with Gasteiger partial charge in [0.1, 0.15) is 0 Å². The van der Waals surface area contributed by atoms with E-state index in [2.05, 4.69) is 39.9 Å². The summed E-state index contributed by atoms with van der Waals surface area (Å²) in [6.45, 7) is 10.1. The maximum Gasteiger partial charge on any atom is 0.315 e. The number of hydrogen-bond donors (Lipinski definition) is 3. The van der Waals surface area contributed by atoms with Crippen molar-refractivity contribution >= 4 is 11.9 Å². The lowest BCUT2D eigenvalue weighted by Crippen LogP contribution is -2.46. The highest BCUT2D eigenvalue weighted by Gasteiger charge is 2.28. The molecular weight excluding hydrogens is 392 g/mol. The normalized spacial score (nSPS) is 24.6. The van der Waals surface area contributed by atoms with Gasteiger partial charge < -0.3 is 20.7 Å². The third-order valence-corrected chi connectivity index (χ3v) is 5.99. The van der Waals surface area contributed by atoms with Crippen molar-refractivity contribution in [3.05, 3.63) is 35.4 Å². The van der Waals surface area contributed by atoms with Crippen LogP contribution in [0.3, 0.4) is 0 Å². The molecule has 1 saturated heterocycles. The molecule has 3 rings (SSSR count). The second-order valence-corrected chi connectivity index (χ2v) is 9.29. The Morgan fingerprint density at radius 1 is 1.23 bits per heavy atom. The fourth-order valence-electron chi connectivity index (χ4n) is 4.51. The van der Waals surface area contributed by atoms with Crippen LogP contribution in [0.1, 0.15) is 57.6 Å². The Balaban J connectivity index is 1.43. The first-order chi connectivity index (χ1) is 14.9. The molecule has 0 radical (unpaired) electrons. The van der Waals surface area contributed by atoms with Gasteiger partial charge in [0.2, 0.25) is 5.91 Å². The molecule has 3 amide bonds. The number of urea groups is 1. The van der Waals surface area contributed by atoms with Gasteiger partial charge in [-0.15, -0.1) is 0 Å². The minimum absolute atomic E-state index is 0.0129. The lowest BCUT2D eigenvalue weighted by Gasteiger charge is -2.31. The number of morpholine rings is 1. The van der Waals surface area contributed by atoms with Gasteiger partial charge in [0.25, 0.3) is 0 Å². The van der Waals surface area contributed by atoms with Crippen LogP contribution in [0.25, 0.3) is 0 Å².